The van der Waals surface area contributed by atoms with Crippen LogP contribution < -0.4 is 18.9 Å². The third-order valence-electron chi connectivity index (χ3n) is 6.16. The molecular weight excluding hydrogens is 446 g/mol. The van der Waals surface area contributed by atoms with Gasteiger partial charge in [0.05, 0.1) is 20.1 Å². The van der Waals surface area contributed by atoms with E-state index in [0.717, 1.165) is 5.56 Å². The van der Waals surface area contributed by atoms with E-state index in [2.05, 4.69) is 0 Å². The molecule has 6 nitrogen and oxygen atoms in total. The quantitative estimate of drug-likeness (QED) is 0.474. The maximum atomic E-state index is 14.8. The Hall–Kier alpha value is -3.81. The Kier molecular flexibility index (Phi) is 5.73. The molecule has 2 aliphatic rings. The summed E-state index contributed by atoms with van der Waals surface area (Å²) < 4.78 is 51.7. The Labute approximate surface area is 194 Å². The lowest BCUT2D eigenvalue weighted by atomic mass is 9.98. The molecule has 0 radical (unpaired) electrons. The highest BCUT2D eigenvalue weighted by atomic mass is 19.1. The highest BCUT2D eigenvalue weighted by Gasteiger charge is 2.32. The lowest BCUT2D eigenvalue weighted by Gasteiger charge is -2.17. The molecule has 0 saturated heterocycles. The molecule has 0 saturated carbocycles. The number of hydrogen-bond donors (Lipinski definition) is 1. The maximum Gasteiger partial charge on any atom is 0.304 e. The van der Waals surface area contributed by atoms with Crippen LogP contribution in [-0.2, 0) is 11.2 Å². The summed E-state index contributed by atoms with van der Waals surface area (Å²) >= 11 is 0. The topological polar surface area (TPSA) is 74.2 Å². The van der Waals surface area contributed by atoms with E-state index in [9.17, 15) is 13.6 Å². The molecule has 0 bridgehead atoms. The molecule has 1 aliphatic carbocycles. The van der Waals surface area contributed by atoms with Crippen molar-refractivity contribution < 1.29 is 37.6 Å². The molecule has 1 unspecified atom stereocenters. The largest absolute Gasteiger partial charge is 0.497 e. The van der Waals surface area contributed by atoms with Gasteiger partial charge in [0, 0.05) is 34.7 Å². The van der Waals surface area contributed by atoms with Crippen LogP contribution >= 0.6 is 0 Å². The fourth-order valence-electron chi connectivity index (χ4n) is 4.54. The Bertz CT molecular complexity index is 1260. The van der Waals surface area contributed by atoms with E-state index in [0.29, 0.717) is 53.6 Å². The number of fused-ring (bicyclic) bond motifs is 2. The summed E-state index contributed by atoms with van der Waals surface area (Å²) in [5.41, 5.74) is 1.85. The van der Waals surface area contributed by atoms with Gasteiger partial charge in [-0.15, -0.1) is 0 Å². The molecule has 1 N–H and O–H groups in total. The fourth-order valence-corrected chi connectivity index (χ4v) is 4.54. The SMILES string of the molecule is COc1ccc(Oc2ccc(F)c3c2CC[C@H]3Oc2ccc3c(c2)OCC3CC(=O)O)c(F)c1. The molecule has 8 heteroatoms. The normalized spacial score (nSPS) is 18.1. The van der Waals surface area contributed by atoms with Crippen LogP contribution in [0.1, 0.15) is 41.6 Å². The van der Waals surface area contributed by atoms with Crippen molar-refractivity contribution in [3.05, 3.63) is 76.9 Å². The summed E-state index contributed by atoms with van der Waals surface area (Å²) in [5.74, 6) is -0.242. The molecule has 0 spiro atoms. The van der Waals surface area contributed by atoms with Gasteiger partial charge in [0.15, 0.2) is 11.6 Å². The van der Waals surface area contributed by atoms with Crippen LogP contribution in [0.2, 0.25) is 0 Å². The van der Waals surface area contributed by atoms with Gasteiger partial charge in [-0.25, -0.2) is 8.78 Å². The average molecular weight is 468 g/mol. The summed E-state index contributed by atoms with van der Waals surface area (Å²) in [6, 6.07) is 12.3. The number of carbonyl (C=O) groups is 1. The monoisotopic (exact) mass is 468 g/mol. The van der Waals surface area contributed by atoms with Gasteiger partial charge in [-0.2, -0.15) is 0 Å². The minimum Gasteiger partial charge on any atom is -0.497 e. The first kappa shape index (κ1) is 22.0. The van der Waals surface area contributed by atoms with Crippen molar-refractivity contribution >= 4 is 5.97 Å². The molecule has 5 rings (SSSR count). The average Bonchev–Trinajstić information content (AvgIpc) is 3.41. The molecule has 1 heterocycles. The van der Waals surface area contributed by atoms with Gasteiger partial charge < -0.3 is 24.1 Å². The number of rotatable bonds is 7. The van der Waals surface area contributed by atoms with Gasteiger partial charge in [0.1, 0.15) is 34.9 Å². The van der Waals surface area contributed by atoms with Gasteiger partial charge in [0.25, 0.3) is 0 Å². The van der Waals surface area contributed by atoms with Crippen molar-refractivity contribution in [1.29, 1.82) is 0 Å². The van der Waals surface area contributed by atoms with Crippen LogP contribution in [0.25, 0.3) is 0 Å². The van der Waals surface area contributed by atoms with Crippen LogP contribution in [-0.4, -0.2) is 24.8 Å². The first-order valence-corrected chi connectivity index (χ1v) is 10.9. The second-order valence-electron chi connectivity index (χ2n) is 8.29. The van der Waals surface area contributed by atoms with Crippen molar-refractivity contribution in [1.82, 2.24) is 0 Å². The van der Waals surface area contributed by atoms with Crippen LogP contribution in [0.5, 0.6) is 28.7 Å². The Morgan fingerprint density at radius 2 is 1.85 bits per heavy atom. The smallest absolute Gasteiger partial charge is 0.304 e. The zero-order valence-corrected chi connectivity index (χ0v) is 18.3. The van der Waals surface area contributed by atoms with Crippen molar-refractivity contribution in [2.24, 2.45) is 0 Å². The number of halogens is 2. The predicted molar refractivity (Wildman–Crippen MR) is 118 cm³/mol. The van der Waals surface area contributed by atoms with E-state index in [-0.39, 0.29) is 18.1 Å². The summed E-state index contributed by atoms with van der Waals surface area (Å²) in [4.78, 5) is 11.0. The number of hydrogen-bond acceptors (Lipinski definition) is 5. The van der Waals surface area contributed by atoms with Gasteiger partial charge in [-0.3, -0.25) is 4.79 Å². The highest BCUT2D eigenvalue weighted by Crippen LogP contribution is 2.44. The molecule has 3 aromatic carbocycles. The Morgan fingerprint density at radius 1 is 1.06 bits per heavy atom. The number of benzene rings is 3. The lowest BCUT2D eigenvalue weighted by Crippen LogP contribution is -2.07. The number of aliphatic carboxylic acids is 1. The highest BCUT2D eigenvalue weighted by molar-refractivity contribution is 5.68. The van der Waals surface area contributed by atoms with Gasteiger partial charge in [-0.05, 0) is 43.2 Å². The molecule has 3 aromatic rings. The molecule has 2 atom stereocenters. The predicted octanol–water partition coefficient (Wildman–Crippen LogP) is 5.78. The van der Waals surface area contributed by atoms with Crippen LogP contribution in [0.15, 0.2) is 48.5 Å². The fraction of sp³-hybridized carbons (Fsp3) is 0.269. The third kappa shape index (κ3) is 4.11. The van der Waals surface area contributed by atoms with E-state index in [4.69, 9.17) is 24.1 Å². The van der Waals surface area contributed by atoms with Gasteiger partial charge >= 0.3 is 5.97 Å². The number of carboxylic acids is 1. The molecule has 0 fully saturated rings. The summed E-state index contributed by atoms with van der Waals surface area (Å²) in [6.45, 7) is 0.300. The maximum absolute atomic E-state index is 14.8. The second kappa shape index (κ2) is 8.85. The summed E-state index contributed by atoms with van der Waals surface area (Å²) in [5, 5.41) is 9.06. The van der Waals surface area contributed by atoms with E-state index >= 15 is 0 Å². The zero-order valence-electron chi connectivity index (χ0n) is 18.3. The summed E-state index contributed by atoms with van der Waals surface area (Å²) in [6.07, 6.45) is 0.476. The van der Waals surface area contributed by atoms with E-state index < -0.39 is 23.7 Å². The Morgan fingerprint density at radius 3 is 2.62 bits per heavy atom. The molecule has 0 amide bonds. The van der Waals surface area contributed by atoms with Crippen LogP contribution in [0.4, 0.5) is 8.78 Å². The number of ether oxygens (including phenoxy) is 4. The molecule has 0 aromatic heterocycles. The minimum absolute atomic E-state index is 0.00795. The van der Waals surface area contributed by atoms with Crippen molar-refractivity contribution in [2.45, 2.75) is 31.3 Å². The molecule has 34 heavy (non-hydrogen) atoms. The summed E-state index contributed by atoms with van der Waals surface area (Å²) in [7, 11) is 1.45. The van der Waals surface area contributed by atoms with Gasteiger partial charge in [0.2, 0.25) is 0 Å². The van der Waals surface area contributed by atoms with E-state index in [1.54, 1.807) is 24.3 Å². The van der Waals surface area contributed by atoms with Crippen molar-refractivity contribution in [3.63, 3.8) is 0 Å². The standard InChI is InChI=1S/C26H22F2O6/c1-31-15-3-7-22(20(28)11-15)34-21-9-6-19(27)26-18(21)5-8-23(26)33-16-2-4-17-14(10-25(29)30)13-32-24(17)12-16/h2-4,6-7,9,11-12,14,23H,5,8,10,13H2,1H3,(H,29,30)/t14?,23-/m1/s1. The molecule has 176 valence electrons. The second-order valence-corrected chi connectivity index (χ2v) is 8.29. The first-order valence-electron chi connectivity index (χ1n) is 10.9. The number of carboxylic acid groups (broad SMARTS) is 1. The van der Waals surface area contributed by atoms with E-state index in [1.807, 2.05) is 0 Å². The van der Waals surface area contributed by atoms with Crippen LogP contribution in [0, 0.1) is 11.6 Å². The Balaban J connectivity index is 1.37. The van der Waals surface area contributed by atoms with Crippen LogP contribution in [0.3, 0.4) is 0 Å². The van der Waals surface area contributed by atoms with Gasteiger partial charge in [-0.1, -0.05) is 6.07 Å². The van der Waals surface area contributed by atoms with E-state index in [1.165, 1.54) is 31.4 Å². The number of methoxy groups -OCH3 is 1. The molecule has 1 aliphatic heterocycles. The first-order chi connectivity index (χ1) is 16.4. The van der Waals surface area contributed by atoms with Crippen molar-refractivity contribution in [2.75, 3.05) is 13.7 Å². The van der Waals surface area contributed by atoms with Crippen molar-refractivity contribution in [3.8, 4) is 28.7 Å². The lowest BCUT2D eigenvalue weighted by molar-refractivity contribution is -0.137. The minimum atomic E-state index is -0.882. The molecular formula is C26H22F2O6. The zero-order chi connectivity index (χ0) is 23.8. The third-order valence-corrected chi connectivity index (χ3v) is 6.16.